The summed E-state index contributed by atoms with van der Waals surface area (Å²) in [5, 5.41) is 13.5. The van der Waals surface area contributed by atoms with Crippen LogP contribution in [0.2, 0.25) is 0 Å². The zero-order valence-electron chi connectivity index (χ0n) is 9.56. The summed E-state index contributed by atoms with van der Waals surface area (Å²) in [4.78, 5) is 2.15. The average molecular weight is 226 g/mol. The molecule has 0 spiro atoms. The second-order valence-corrected chi connectivity index (χ2v) is 4.34. The molecule has 1 saturated heterocycles. The molecule has 0 aliphatic carbocycles. The van der Waals surface area contributed by atoms with E-state index in [1.807, 2.05) is 13.1 Å². The second kappa shape index (κ2) is 4.95. The molecular weight excluding hydrogens is 208 g/mol. The van der Waals surface area contributed by atoms with Crippen molar-refractivity contribution in [3.8, 4) is 0 Å². The molecule has 2 heterocycles. The topological polar surface area (TPSA) is 58.7 Å². The van der Waals surface area contributed by atoms with Gasteiger partial charge < -0.3 is 14.4 Å². The highest BCUT2D eigenvalue weighted by atomic mass is 16.5. The second-order valence-electron chi connectivity index (χ2n) is 4.34. The fourth-order valence-corrected chi connectivity index (χ4v) is 2.14. The van der Waals surface area contributed by atoms with Gasteiger partial charge in [0.25, 0.3) is 0 Å². The number of aliphatic hydroxyl groups is 1. The first-order valence-electron chi connectivity index (χ1n) is 5.56. The molecule has 1 aliphatic rings. The minimum atomic E-state index is -0.169. The van der Waals surface area contributed by atoms with E-state index in [-0.39, 0.29) is 12.1 Å². The van der Waals surface area contributed by atoms with Crippen molar-refractivity contribution in [1.82, 2.24) is 10.1 Å². The number of nitrogens with zero attached hydrogens (tertiary/aromatic N) is 2. The number of ether oxygens (including phenoxy) is 1. The van der Waals surface area contributed by atoms with E-state index in [1.54, 1.807) is 6.26 Å². The maximum Gasteiger partial charge on any atom is 0.124 e. The Morgan fingerprint density at radius 1 is 1.50 bits per heavy atom. The normalized spacial score (nSPS) is 20.2. The van der Waals surface area contributed by atoms with E-state index in [2.05, 4.69) is 10.1 Å². The first-order valence-corrected chi connectivity index (χ1v) is 5.56. The van der Waals surface area contributed by atoms with Gasteiger partial charge in [-0.15, -0.1) is 0 Å². The Morgan fingerprint density at radius 3 is 2.81 bits per heavy atom. The molecule has 2 rings (SSSR count). The van der Waals surface area contributed by atoms with E-state index in [1.165, 1.54) is 0 Å². The van der Waals surface area contributed by atoms with E-state index in [4.69, 9.17) is 9.26 Å². The molecule has 5 heteroatoms. The minimum Gasteiger partial charge on any atom is -0.394 e. The highest BCUT2D eigenvalue weighted by Gasteiger charge is 2.36. The third kappa shape index (κ3) is 2.26. The SMILES string of the molecule is CN(Cc1ccon1)C1(CO)CCOCC1. The van der Waals surface area contributed by atoms with Crippen molar-refractivity contribution in [2.75, 3.05) is 26.9 Å². The van der Waals surface area contributed by atoms with Crippen LogP contribution in [0.25, 0.3) is 0 Å². The Hall–Kier alpha value is -0.910. The lowest BCUT2D eigenvalue weighted by molar-refractivity contribution is -0.0499. The largest absolute Gasteiger partial charge is 0.394 e. The zero-order chi connectivity index (χ0) is 11.4. The van der Waals surface area contributed by atoms with Gasteiger partial charge in [0, 0.05) is 31.4 Å². The van der Waals surface area contributed by atoms with Crippen molar-refractivity contribution in [3.05, 3.63) is 18.0 Å². The fourth-order valence-electron chi connectivity index (χ4n) is 2.14. The lowest BCUT2D eigenvalue weighted by Crippen LogP contribution is -2.52. The van der Waals surface area contributed by atoms with Crippen LogP contribution in [0.3, 0.4) is 0 Å². The Balaban J connectivity index is 2.02. The monoisotopic (exact) mass is 226 g/mol. The van der Waals surface area contributed by atoms with Gasteiger partial charge in [-0.1, -0.05) is 5.16 Å². The predicted molar refractivity (Wildman–Crippen MR) is 57.8 cm³/mol. The third-order valence-corrected chi connectivity index (χ3v) is 3.42. The van der Waals surface area contributed by atoms with Crippen molar-refractivity contribution in [2.45, 2.75) is 24.9 Å². The van der Waals surface area contributed by atoms with Gasteiger partial charge >= 0.3 is 0 Å². The van der Waals surface area contributed by atoms with Crippen molar-refractivity contribution in [3.63, 3.8) is 0 Å². The minimum absolute atomic E-state index is 0.157. The number of aromatic nitrogens is 1. The van der Waals surface area contributed by atoms with E-state index in [9.17, 15) is 5.11 Å². The molecule has 5 nitrogen and oxygen atoms in total. The standard InChI is InChI=1S/C11H18N2O3/c1-13(8-10-2-5-16-12-10)11(9-14)3-6-15-7-4-11/h2,5,14H,3-4,6-9H2,1H3. The van der Waals surface area contributed by atoms with Gasteiger partial charge in [0.15, 0.2) is 0 Å². The molecule has 0 radical (unpaired) electrons. The smallest absolute Gasteiger partial charge is 0.124 e. The third-order valence-electron chi connectivity index (χ3n) is 3.42. The summed E-state index contributed by atoms with van der Waals surface area (Å²) < 4.78 is 10.1. The highest BCUT2D eigenvalue weighted by molar-refractivity contribution is 4.99. The van der Waals surface area contributed by atoms with Crippen LogP contribution in [0.4, 0.5) is 0 Å². The van der Waals surface area contributed by atoms with Crippen LogP contribution < -0.4 is 0 Å². The van der Waals surface area contributed by atoms with Gasteiger partial charge in [0.2, 0.25) is 0 Å². The number of aliphatic hydroxyl groups excluding tert-OH is 1. The van der Waals surface area contributed by atoms with Gasteiger partial charge in [-0.2, -0.15) is 0 Å². The molecule has 90 valence electrons. The van der Waals surface area contributed by atoms with Gasteiger partial charge in [0.05, 0.1) is 12.3 Å². The van der Waals surface area contributed by atoms with Crippen LogP contribution in [0.5, 0.6) is 0 Å². The molecule has 1 aliphatic heterocycles. The zero-order valence-corrected chi connectivity index (χ0v) is 9.56. The molecule has 1 aromatic heterocycles. The predicted octanol–water partition coefficient (Wildman–Crippen LogP) is 0.648. The van der Waals surface area contributed by atoms with Crippen LogP contribution in [0.1, 0.15) is 18.5 Å². The van der Waals surface area contributed by atoms with Gasteiger partial charge in [-0.05, 0) is 19.9 Å². The first kappa shape index (κ1) is 11.6. The number of rotatable bonds is 4. The molecule has 0 atom stereocenters. The molecule has 0 saturated carbocycles. The van der Waals surface area contributed by atoms with Crippen molar-refractivity contribution >= 4 is 0 Å². The fraction of sp³-hybridized carbons (Fsp3) is 0.727. The maximum atomic E-state index is 9.60. The van der Waals surface area contributed by atoms with Crippen molar-refractivity contribution in [1.29, 1.82) is 0 Å². The first-order chi connectivity index (χ1) is 7.77. The summed E-state index contributed by atoms with van der Waals surface area (Å²) in [6, 6.07) is 1.85. The van der Waals surface area contributed by atoms with E-state index >= 15 is 0 Å². The molecule has 1 aromatic rings. The van der Waals surface area contributed by atoms with Gasteiger partial charge in [-0.25, -0.2) is 0 Å². The van der Waals surface area contributed by atoms with E-state index in [0.29, 0.717) is 19.8 Å². The molecule has 0 amide bonds. The quantitative estimate of drug-likeness (QED) is 0.816. The molecule has 16 heavy (non-hydrogen) atoms. The summed E-state index contributed by atoms with van der Waals surface area (Å²) in [5.41, 5.74) is 0.721. The molecule has 0 aromatic carbocycles. The van der Waals surface area contributed by atoms with Gasteiger partial charge in [0.1, 0.15) is 6.26 Å². The Bertz CT molecular complexity index is 307. The number of hydrogen-bond donors (Lipinski definition) is 1. The molecular formula is C11H18N2O3. The molecule has 1 fully saturated rings. The lowest BCUT2D eigenvalue weighted by Gasteiger charge is -2.42. The summed E-state index contributed by atoms with van der Waals surface area (Å²) >= 11 is 0. The highest BCUT2D eigenvalue weighted by Crippen LogP contribution is 2.27. The number of likely N-dealkylation sites (N-methyl/N-ethyl adjacent to an activating group) is 1. The molecule has 0 unspecified atom stereocenters. The number of hydrogen-bond acceptors (Lipinski definition) is 5. The average Bonchev–Trinajstić information content (AvgIpc) is 2.82. The van der Waals surface area contributed by atoms with Crippen LogP contribution in [-0.4, -0.2) is 47.6 Å². The Kier molecular flexibility index (Phi) is 3.58. The summed E-state index contributed by atoms with van der Waals surface area (Å²) in [5.74, 6) is 0. The molecule has 1 N–H and O–H groups in total. The van der Waals surface area contributed by atoms with Crippen LogP contribution in [0, 0.1) is 0 Å². The Morgan fingerprint density at radius 2 is 2.25 bits per heavy atom. The van der Waals surface area contributed by atoms with Crippen LogP contribution in [0.15, 0.2) is 16.9 Å². The maximum absolute atomic E-state index is 9.60. The van der Waals surface area contributed by atoms with E-state index < -0.39 is 0 Å². The van der Waals surface area contributed by atoms with Crippen molar-refractivity contribution < 1.29 is 14.4 Å². The summed E-state index contributed by atoms with van der Waals surface area (Å²) in [6.07, 6.45) is 3.29. The molecule has 0 bridgehead atoms. The van der Waals surface area contributed by atoms with Crippen LogP contribution in [-0.2, 0) is 11.3 Å². The lowest BCUT2D eigenvalue weighted by atomic mass is 9.89. The summed E-state index contributed by atoms with van der Waals surface area (Å²) in [6.45, 7) is 2.27. The van der Waals surface area contributed by atoms with Gasteiger partial charge in [-0.3, -0.25) is 4.90 Å². The summed E-state index contributed by atoms with van der Waals surface area (Å²) in [7, 11) is 2.01. The Labute approximate surface area is 95.0 Å². The van der Waals surface area contributed by atoms with Crippen molar-refractivity contribution in [2.24, 2.45) is 0 Å². The van der Waals surface area contributed by atoms with E-state index in [0.717, 1.165) is 18.5 Å². The van der Waals surface area contributed by atoms with Crippen LogP contribution >= 0.6 is 0 Å².